The third-order valence-electron chi connectivity index (χ3n) is 4.48. The van der Waals surface area contributed by atoms with E-state index in [2.05, 4.69) is 10.3 Å². The number of hydrogen-bond acceptors (Lipinski definition) is 5. The van der Waals surface area contributed by atoms with Crippen LogP contribution in [-0.4, -0.2) is 17.5 Å². The molecule has 2 aromatic carbocycles. The molecule has 30 heavy (non-hydrogen) atoms. The van der Waals surface area contributed by atoms with Gasteiger partial charge in [0.15, 0.2) is 6.61 Å². The summed E-state index contributed by atoms with van der Waals surface area (Å²) in [6, 6.07) is 16.7. The molecule has 152 valence electrons. The second-order valence-corrected chi connectivity index (χ2v) is 6.87. The molecule has 0 saturated heterocycles. The van der Waals surface area contributed by atoms with Gasteiger partial charge in [0, 0.05) is 30.1 Å². The summed E-state index contributed by atoms with van der Waals surface area (Å²) in [6.07, 6.45) is 3.50. The zero-order chi connectivity index (χ0) is 21.3. The quantitative estimate of drug-likeness (QED) is 0.614. The fourth-order valence-corrected chi connectivity index (χ4v) is 3.09. The molecule has 1 N–H and O–H groups in total. The van der Waals surface area contributed by atoms with Gasteiger partial charge in [-0.2, -0.15) is 5.26 Å². The van der Waals surface area contributed by atoms with Crippen molar-refractivity contribution in [3.8, 4) is 17.6 Å². The lowest BCUT2D eigenvalue weighted by atomic mass is 10.0. The van der Waals surface area contributed by atoms with Crippen molar-refractivity contribution in [2.75, 3.05) is 6.61 Å². The summed E-state index contributed by atoms with van der Waals surface area (Å²) in [6.45, 7) is 4.63. The summed E-state index contributed by atoms with van der Waals surface area (Å²) in [7, 11) is 0. The molecule has 0 aliphatic rings. The lowest BCUT2D eigenvalue weighted by molar-refractivity contribution is 0.0950. The third-order valence-corrected chi connectivity index (χ3v) is 4.48. The number of aryl methyl sites for hydroxylation is 2. The van der Waals surface area contributed by atoms with Crippen LogP contribution in [0.5, 0.6) is 11.5 Å². The van der Waals surface area contributed by atoms with E-state index in [4.69, 9.17) is 14.7 Å². The number of nitrogens with zero attached hydrogens (tertiary/aromatic N) is 2. The molecule has 1 aromatic heterocycles. The molecule has 6 nitrogen and oxygen atoms in total. The molecular formula is C24H23N3O3. The highest BCUT2D eigenvalue weighted by Gasteiger charge is 2.12. The van der Waals surface area contributed by atoms with E-state index in [1.807, 2.05) is 62.4 Å². The molecule has 6 heteroatoms. The number of benzene rings is 2. The molecule has 0 saturated carbocycles. The van der Waals surface area contributed by atoms with Crippen LogP contribution >= 0.6 is 0 Å². The number of hydrogen-bond donors (Lipinski definition) is 1. The maximum atomic E-state index is 12.6. The van der Waals surface area contributed by atoms with E-state index in [1.54, 1.807) is 18.5 Å². The van der Waals surface area contributed by atoms with E-state index >= 15 is 0 Å². The Kier molecular flexibility index (Phi) is 7.01. The molecule has 0 atom stereocenters. The molecule has 0 aliphatic carbocycles. The zero-order valence-corrected chi connectivity index (χ0v) is 17.0. The Morgan fingerprint density at radius 1 is 1.07 bits per heavy atom. The highest BCUT2D eigenvalue weighted by atomic mass is 16.5. The summed E-state index contributed by atoms with van der Waals surface area (Å²) >= 11 is 0. The van der Waals surface area contributed by atoms with Gasteiger partial charge in [0.25, 0.3) is 5.91 Å². The maximum absolute atomic E-state index is 12.6. The van der Waals surface area contributed by atoms with Gasteiger partial charge in [-0.3, -0.25) is 9.78 Å². The van der Waals surface area contributed by atoms with Crippen LogP contribution in [0.25, 0.3) is 0 Å². The average Bonchev–Trinajstić information content (AvgIpc) is 2.76. The maximum Gasteiger partial charge on any atom is 0.251 e. The van der Waals surface area contributed by atoms with E-state index in [-0.39, 0.29) is 12.5 Å². The van der Waals surface area contributed by atoms with Crippen molar-refractivity contribution in [2.24, 2.45) is 0 Å². The highest BCUT2D eigenvalue weighted by molar-refractivity contribution is 5.94. The minimum atomic E-state index is -0.164. The molecule has 1 heterocycles. The molecule has 0 bridgehead atoms. The van der Waals surface area contributed by atoms with Crippen molar-refractivity contribution in [1.29, 1.82) is 5.26 Å². The Morgan fingerprint density at radius 2 is 1.83 bits per heavy atom. The molecule has 3 rings (SSSR count). The van der Waals surface area contributed by atoms with E-state index < -0.39 is 0 Å². The smallest absolute Gasteiger partial charge is 0.251 e. The van der Waals surface area contributed by atoms with Crippen LogP contribution in [0, 0.1) is 25.2 Å². The average molecular weight is 401 g/mol. The second-order valence-electron chi connectivity index (χ2n) is 6.87. The minimum Gasteiger partial charge on any atom is -0.488 e. The van der Waals surface area contributed by atoms with Gasteiger partial charge in [-0.1, -0.05) is 18.2 Å². The second kappa shape index (κ2) is 10.1. The number of amides is 1. The van der Waals surface area contributed by atoms with Crippen LogP contribution in [0.4, 0.5) is 0 Å². The molecule has 0 fully saturated rings. The number of pyridine rings is 1. The van der Waals surface area contributed by atoms with Crippen LogP contribution < -0.4 is 14.8 Å². The summed E-state index contributed by atoms with van der Waals surface area (Å²) < 4.78 is 11.2. The summed E-state index contributed by atoms with van der Waals surface area (Å²) in [5, 5.41) is 11.5. The summed E-state index contributed by atoms with van der Waals surface area (Å²) in [5.41, 5.74) is 4.25. The van der Waals surface area contributed by atoms with Crippen LogP contribution in [0.3, 0.4) is 0 Å². The molecular weight excluding hydrogens is 378 g/mol. The van der Waals surface area contributed by atoms with Crippen molar-refractivity contribution in [2.45, 2.75) is 27.0 Å². The van der Waals surface area contributed by atoms with Crippen molar-refractivity contribution in [3.05, 3.63) is 88.7 Å². The van der Waals surface area contributed by atoms with Gasteiger partial charge in [0.2, 0.25) is 0 Å². The Bertz CT molecular complexity index is 1040. The van der Waals surface area contributed by atoms with Gasteiger partial charge in [0.05, 0.1) is 0 Å². The number of aromatic nitrogens is 1. The van der Waals surface area contributed by atoms with Gasteiger partial charge >= 0.3 is 0 Å². The normalized spacial score (nSPS) is 10.2. The van der Waals surface area contributed by atoms with Gasteiger partial charge < -0.3 is 14.8 Å². The minimum absolute atomic E-state index is 0.0103. The number of nitriles is 1. The monoisotopic (exact) mass is 401 g/mol. The Morgan fingerprint density at radius 3 is 2.53 bits per heavy atom. The van der Waals surface area contributed by atoms with Crippen LogP contribution in [0.2, 0.25) is 0 Å². The van der Waals surface area contributed by atoms with Gasteiger partial charge in [0.1, 0.15) is 24.2 Å². The zero-order valence-electron chi connectivity index (χ0n) is 17.0. The van der Waals surface area contributed by atoms with Crippen molar-refractivity contribution < 1.29 is 14.3 Å². The predicted molar refractivity (Wildman–Crippen MR) is 113 cm³/mol. The first-order chi connectivity index (χ1) is 14.6. The number of rotatable bonds is 8. The topological polar surface area (TPSA) is 84.2 Å². The molecule has 3 aromatic rings. The third kappa shape index (κ3) is 5.58. The lowest BCUT2D eigenvalue weighted by Gasteiger charge is -2.14. The Balaban J connectivity index is 1.63. The first kappa shape index (κ1) is 20.9. The predicted octanol–water partition coefficient (Wildman–Crippen LogP) is 4.11. The number of carbonyl (C=O) groups is 1. The van der Waals surface area contributed by atoms with Crippen LogP contribution in [0.15, 0.2) is 60.9 Å². The largest absolute Gasteiger partial charge is 0.488 e. The fourth-order valence-electron chi connectivity index (χ4n) is 3.09. The van der Waals surface area contributed by atoms with Crippen molar-refractivity contribution >= 4 is 5.91 Å². The molecule has 0 aliphatic heterocycles. The summed E-state index contributed by atoms with van der Waals surface area (Å²) in [5.74, 6) is 1.21. The highest BCUT2D eigenvalue weighted by Crippen LogP contribution is 2.26. The van der Waals surface area contributed by atoms with Gasteiger partial charge in [-0.15, -0.1) is 0 Å². The van der Waals surface area contributed by atoms with Crippen LogP contribution in [-0.2, 0) is 13.2 Å². The number of ether oxygens (including phenoxy) is 2. The van der Waals surface area contributed by atoms with E-state index in [0.29, 0.717) is 24.5 Å². The fraction of sp³-hybridized carbons (Fsp3) is 0.208. The SMILES string of the molecule is Cc1cc(C(=O)NCc2cccc(OCC#N)c2)cc(C)c1OCc1cccnc1. The van der Waals surface area contributed by atoms with Gasteiger partial charge in [-0.25, -0.2) is 0 Å². The first-order valence-corrected chi connectivity index (χ1v) is 9.56. The molecule has 0 unspecified atom stereocenters. The first-order valence-electron chi connectivity index (χ1n) is 9.56. The Hall–Kier alpha value is -3.85. The van der Waals surface area contributed by atoms with Crippen molar-refractivity contribution in [3.63, 3.8) is 0 Å². The van der Waals surface area contributed by atoms with Crippen LogP contribution in [0.1, 0.15) is 32.6 Å². The van der Waals surface area contributed by atoms with Gasteiger partial charge in [-0.05, 0) is 60.9 Å². The lowest BCUT2D eigenvalue weighted by Crippen LogP contribution is -2.23. The summed E-state index contributed by atoms with van der Waals surface area (Å²) in [4.78, 5) is 16.7. The molecule has 0 spiro atoms. The number of nitrogens with one attached hydrogen (secondary N) is 1. The number of carbonyl (C=O) groups excluding carboxylic acids is 1. The van der Waals surface area contributed by atoms with Crippen molar-refractivity contribution in [1.82, 2.24) is 10.3 Å². The standard InChI is InChI=1S/C24H23N3O3/c1-17-11-21(12-18(2)23(17)30-16-20-6-4-9-26-14-20)24(28)27-15-19-5-3-7-22(13-19)29-10-8-25/h3-7,9,11-14H,10,15-16H2,1-2H3,(H,27,28). The van der Waals surface area contributed by atoms with E-state index in [1.165, 1.54) is 0 Å². The Labute approximate surface area is 176 Å². The molecule has 1 amide bonds. The molecule has 0 radical (unpaired) electrons. The van der Waals surface area contributed by atoms with E-state index in [0.717, 1.165) is 28.0 Å². The van der Waals surface area contributed by atoms with E-state index in [9.17, 15) is 4.79 Å².